The molecule has 3 N–H and O–H groups in total. The normalized spacial score (nSPS) is 17.2. The molecule has 322 valence electrons. The first-order valence-corrected chi connectivity index (χ1v) is 19.2. The summed E-state index contributed by atoms with van der Waals surface area (Å²) in [5.74, 6) is 1.90. The number of carbonyl (C=O) groups excluding carboxylic acids is 3. The van der Waals surface area contributed by atoms with Crippen molar-refractivity contribution >= 4 is 106 Å². The van der Waals surface area contributed by atoms with Crippen molar-refractivity contribution in [3.05, 3.63) is 83.6 Å². The number of hydrogen-bond acceptors (Lipinski definition) is 6. The first-order chi connectivity index (χ1) is 26.0. The average molecular weight is 882 g/mol. The molecular weight excluding hydrogens is 819 g/mol. The van der Waals surface area contributed by atoms with E-state index in [9.17, 15) is 14.4 Å². The Morgan fingerprint density at radius 3 is 2.00 bits per heavy atom. The molecule has 2 aliphatic rings. The van der Waals surface area contributed by atoms with Crippen LogP contribution in [0.5, 0.6) is 0 Å². The molecule has 7 rings (SSSR count). The third-order valence-corrected chi connectivity index (χ3v) is 11.2. The molecule has 2 fully saturated rings. The lowest BCUT2D eigenvalue weighted by Crippen LogP contribution is -2.51. The Labute approximate surface area is 376 Å². The van der Waals surface area contributed by atoms with Crippen LogP contribution in [0, 0.1) is 17.8 Å². The summed E-state index contributed by atoms with van der Waals surface area (Å²) in [6.45, 7) is 11.4. The zero-order chi connectivity index (χ0) is 38.1. The number of methoxy groups -OCH3 is 1. The Hall–Kier alpha value is -4.05. The molecule has 59 heavy (non-hydrogen) atoms. The Bertz CT molecular complexity index is 2220. The second kappa shape index (κ2) is 22.0. The summed E-state index contributed by atoms with van der Waals surface area (Å²) in [6.07, 6.45) is 9.03. The first-order valence-electron chi connectivity index (χ1n) is 19.2. The van der Waals surface area contributed by atoms with Crippen LogP contribution in [0.25, 0.3) is 45.2 Å². The van der Waals surface area contributed by atoms with Crippen molar-refractivity contribution < 1.29 is 19.1 Å². The van der Waals surface area contributed by atoms with Crippen molar-refractivity contribution in [2.75, 3.05) is 20.2 Å². The molecule has 3 aromatic carbocycles. The van der Waals surface area contributed by atoms with Crippen LogP contribution in [0.1, 0.15) is 103 Å². The lowest BCUT2D eigenvalue weighted by atomic mass is 9.96. The van der Waals surface area contributed by atoms with E-state index in [4.69, 9.17) is 14.7 Å². The van der Waals surface area contributed by atoms with Crippen molar-refractivity contribution in [2.45, 2.75) is 85.9 Å². The quantitative estimate of drug-likeness (QED) is 0.120. The molecule has 0 spiro atoms. The van der Waals surface area contributed by atoms with Gasteiger partial charge in [-0.05, 0) is 83.7 Å². The van der Waals surface area contributed by atoms with Crippen LogP contribution in [-0.4, -0.2) is 73.9 Å². The molecule has 2 aromatic heterocycles. The fourth-order valence-corrected chi connectivity index (χ4v) is 7.74. The smallest absolute Gasteiger partial charge is 0.407 e. The van der Waals surface area contributed by atoms with E-state index >= 15 is 0 Å². The van der Waals surface area contributed by atoms with Crippen molar-refractivity contribution in [3.63, 3.8) is 0 Å². The number of amides is 3. The molecule has 2 aliphatic heterocycles. The molecule has 15 heteroatoms. The topological polar surface area (TPSA) is 136 Å². The molecule has 11 nitrogen and oxygen atoms in total. The summed E-state index contributed by atoms with van der Waals surface area (Å²) in [5.41, 5.74) is 5.94. The molecule has 4 atom stereocenters. The third-order valence-electron chi connectivity index (χ3n) is 11.2. The average Bonchev–Trinajstić information content (AvgIpc) is 4.00. The fraction of sp³-hybridized carbons (Fsp3) is 0.432. The largest absolute Gasteiger partial charge is 0.453 e. The Morgan fingerprint density at radius 2 is 1.36 bits per heavy atom. The van der Waals surface area contributed by atoms with E-state index in [0.29, 0.717) is 12.5 Å². The Morgan fingerprint density at radius 1 is 0.763 bits per heavy atom. The number of carbonyl (C=O) groups is 3. The summed E-state index contributed by atoms with van der Waals surface area (Å²) < 4.78 is 4.76. The molecule has 2 saturated heterocycles. The van der Waals surface area contributed by atoms with Gasteiger partial charge in [0.05, 0.1) is 42.1 Å². The number of imidazole rings is 2. The first kappa shape index (κ1) is 51.1. The monoisotopic (exact) mass is 881 g/mol. The maximum absolute atomic E-state index is 13.6. The number of alkyl carbamates (subject to hydrolysis) is 1. The zero-order valence-electron chi connectivity index (χ0n) is 34.1. The van der Waals surface area contributed by atoms with E-state index < -0.39 is 12.1 Å². The van der Waals surface area contributed by atoms with Gasteiger partial charge in [0.1, 0.15) is 17.7 Å². The van der Waals surface area contributed by atoms with Crippen LogP contribution in [0.3, 0.4) is 0 Å². The van der Waals surface area contributed by atoms with Crippen molar-refractivity contribution in [2.24, 2.45) is 17.8 Å². The minimum absolute atomic E-state index is 0. The number of fused-ring (bicyclic) bond motifs is 2. The van der Waals surface area contributed by atoms with Gasteiger partial charge in [-0.25, -0.2) is 14.8 Å². The molecule has 0 aliphatic carbocycles. The minimum atomic E-state index is -0.675. The highest BCUT2D eigenvalue weighted by atomic mass is 32.1. The predicted octanol–water partition coefficient (Wildman–Crippen LogP) is 9.36. The standard InChI is InChI=1S/C43H51N7O4.CH4.4H2S/c1-25(2)27(5)41(51)49-19-8-10-37(49)40-45-33-18-14-29(22-34(33)46-40)12-11-28-13-15-31-23-32(17-16-30(31)21-28)35-24-44-39(47-35)36-9-7-20-50(36)42(52)38(26(3)4)48-43(53)54-6;;;;;/h11-18,21-27,36-38H,7-10,19-20H2,1-6H3,(H,44,47)(H,45,46)(H,48,53);1H4;4*1H2/b12-11+;;;;;/t27-,36-,37-,38-;;;;;/m0...../s1. The predicted molar refractivity (Wildman–Crippen MR) is 260 cm³/mol. The van der Waals surface area contributed by atoms with Gasteiger partial charge in [-0.1, -0.05) is 84.5 Å². The van der Waals surface area contributed by atoms with Gasteiger partial charge in [0.25, 0.3) is 0 Å². The van der Waals surface area contributed by atoms with E-state index in [1.165, 1.54) is 7.11 Å². The zero-order valence-corrected chi connectivity index (χ0v) is 38.1. The number of aromatic nitrogens is 4. The van der Waals surface area contributed by atoms with E-state index in [0.717, 1.165) is 88.1 Å². The highest BCUT2D eigenvalue weighted by Crippen LogP contribution is 2.35. The molecule has 0 unspecified atom stereocenters. The van der Waals surface area contributed by atoms with E-state index in [1.54, 1.807) is 0 Å². The van der Waals surface area contributed by atoms with Crippen LogP contribution in [-0.2, 0) is 14.3 Å². The van der Waals surface area contributed by atoms with Gasteiger partial charge in [0.15, 0.2) is 0 Å². The summed E-state index contributed by atoms with van der Waals surface area (Å²) in [7, 11) is 1.30. The molecule has 0 radical (unpaired) electrons. The minimum Gasteiger partial charge on any atom is -0.453 e. The van der Waals surface area contributed by atoms with Gasteiger partial charge in [0, 0.05) is 24.6 Å². The van der Waals surface area contributed by atoms with Gasteiger partial charge < -0.3 is 29.8 Å². The van der Waals surface area contributed by atoms with E-state index in [1.807, 2.05) is 42.8 Å². The summed E-state index contributed by atoms with van der Waals surface area (Å²) >= 11 is 0. The lowest BCUT2D eigenvalue weighted by molar-refractivity contribution is -0.137. The number of likely N-dealkylation sites (tertiary alicyclic amines) is 2. The summed E-state index contributed by atoms with van der Waals surface area (Å²) in [4.78, 5) is 59.2. The number of H-pyrrole nitrogens is 2. The molecule has 3 amide bonds. The second-order valence-corrected chi connectivity index (χ2v) is 15.5. The number of nitrogens with one attached hydrogen (secondary N) is 3. The van der Waals surface area contributed by atoms with Crippen molar-refractivity contribution in [1.82, 2.24) is 35.1 Å². The van der Waals surface area contributed by atoms with E-state index in [-0.39, 0.29) is 97.1 Å². The van der Waals surface area contributed by atoms with Crippen LogP contribution in [0.2, 0.25) is 0 Å². The van der Waals surface area contributed by atoms with Crippen molar-refractivity contribution in [1.29, 1.82) is 0 Å². The second-order valence-electron chi connectivity index (χ2n) is 15.5. The number of hydrogen-bond donors (Lipinski definition) is 3. The maximum Gasteiger partial charge on any atom is 0.407 e. The molecular formula is C44H63N7O4S4. The highest BCUT2D eigenvalue weighted by Gasteiger charge is 2.38. The summed E-state index contributed by atoms with van der Waals surface area (Å²) in [6, 6.07) is 18.2. The Balaban J connectivity index is 0.00000240. The molecule has 0 bridgehead atoms. The number of benzene rings is 3. The van der Waals surface area contributed by atoms with E-state index in [2.05, 4.69) is 89.8 Å². The molecule has 4 heterocycles. The van der Waals surface area contributed by atoms with Gasteiger partial charge >= 0.3 is 6.09 Å². The molecule has 0 saturated carbocycles. The van der Waals surface area contributed by atoms with Crippen LogP contribution >= 0.6 is 54.0 Å². The lowest BCUT2D eigenvalue weighted by Gasteiger charge is -2.30. The number of aromatic amines is 2. The number of ether oxygens (including phenoxy) is 1. The fourth-order valence-electron chi connectivity index (χ4n) is 7.74. The van der Waals surface area contributed by atoms with Gasteiger partial charge in [-0.3, -0.25) is 9.59 Å². The van der Waals surface area contributed by atoms with Gasteiger partial charge in [-0.15, -0.1) is 0 Å². The number of nitrogens with zero attached hydrogens (tertiary/aromatic N) is 4. The van der Waals surface area contributed by atoms with Gasteiger partial charge in [0.2, 0.25) is 11.8 Å². The van der Waals surface area contributed by atoms with Crippen LogP contribution in [0.15, 0.2) is 60.8 Å². The van der Waals surface area contributed by atoms with Crippen LogP contribution < -0.4 is 5.32 Å². The summed E-state index contributed by atoms with van der Waals surface area (Å²) in [5, 5.41) is 4.95. The van der Waals surface area contributed by atoms with Crippen molar-refractivity contribution in [3.8, 4) is 11.3 Å². The van der Waals surface area contributed by atoms with Gasteiger partial charge in [-0.2, -0.15) is 54.0 Å². The number of rotatable bonds is 10. The molecule has 5 aromatic rings. The highest BCUT2D eigenvalue weighted by molar-refractivity contribution is 7.59. The van der Waals surface area contributed by atoms with Crippen LogP contribution in [0.4, 0.5) is 4.79 Å². The Kier molecular flexibility index (Phi) is 19.0. The maximum atomic E-state index is 13.6. The third kappa shape index (κ3) is 11.0. The SMILES string of the molecule is C.COC(=O)N[C@H](C(=O)N1CCC[C@H]1c1ncc(-c2ccc3cc(/C=C/c4ccc5nc([C@@H]6CCCN6C(=O)[C@@H](C)C(C)C)[nH]c5c4)ccc3c2)[nH]1)C(C)C.S.S.S.S.